The number of nitrogens with zero attached hydrogens (tertiary/aromatic N) is 4. The summed E-state index contributed by atoms with van der Waals surface area (Å²) in [6, 6.07) is 8.31. The number of carbonyl (C=O) groups is 1. The normalized spacial score (nSPS) is 10.7. The van der Waals surface area contributed by atoms with Crippen LogP contribution in [0.15, 0.2) is 40.0 Å². The van der Waals surface area contributed by atoms with Crippen LogP contribution in [0.3, 0.4) is 0 Å². The molecule has 0 bridgehead atoms. The molecule has 0 atom stereocenters. The van der Waals surface area contributed by atoms with Crippen molar-refractivity contribution in [2.24, 2.45) is 0 Å². The molecule has 0 unspecified atom stereocenters. The first-order chi connectivity index (χ1) is 12.5. The number of amides is 1. The van der Waals surface area contributed by atoms with Crippen LogP contribution in [0.1, 0.15) is 21.6 Å². The Morgan fingerprint density at radius 1 is 1.35 bits per heavy atom. The van der Waals surface area contributed by atoms with Crippen molar-refractivity contribution in [1.82, 2.24) is 20.2 Å². The van der Waals surface area contributed by atoms with Crippen molar-refractivity contribution >= 4 is 57.5 Å². The van der Waals surface area contributed by atoms with Gasteiger partial charge in [0, 0.05) is 5.75 Å². The van der Waals surface area contributed by atoms with Gasteiger partial charge in [0.15, 0.2) is 15.2 Å². The van der Waals surface area contributed by atoms with E-state index in [1.807, 2.05) is 12.3 Å². The number of rotatable bonds is 6. The third kappa shape index (κ3) is 4.94. The van der Waals surface area contributed by atoms with E-state index in [0.717, 1.165) is 10.1 Å². The Balaban J connectivity index is 1.64. The molecule has 0 spiro atoms. The van der Waals surface area contributed by atoms with Gasteiger partial charge < -0.3 is 0 Å². The topological polar surface area (TPSA) is 80.7 Å². The number of nitrogens with one attached hydrogen (secondary N) is 1. The monoisotopic (exact) mass is 423 g/mol. The van der Waals surface area contributed by atoms with Crippen LogP contribution >= 0.6 is 46.5 Å². The molecule has 0 saturated carbocycles. The van der Waals surface area contributed by atoms with Gasteiger partial charge >= 0.3 is 0 Å². The largest absolute Gasteiger partial charge is 0.295 e. The lowest BCUT2D eigenvalue weighted by atomic mass is 10.2. The average Bonchev–Trinajstić information content (AvgIpc) is 3.08. The molecule has 10 heteroatoms. The molecular formula is C16H14ClN5OS3. The van der Waals surface area contributed by atoms with Gasteiger partial charge in [0.2, 0.25) is 5.13 Å². The highest BCUT2D eigenvalue weighted by atomic mass is 35.5. The van der Waals surface area contributed by atoms with Crippen molar-refractivity contribution in [2.75, 3.05) is 11.6 Å². The van der Waals surface area contributed by atoms with Crippen LogP contribution < -0.4 is 5.32 Å². The smallest absolute Gasteiger partial charge is 0.277 e. The fourth-order valence-corrected chi connectivity index (χ4v) is 4.24. The number of halogens is 1. The van der Waals surface area contributed by atoms with Gasteiger partial charge in [-0.3, -0.25) is 10.1 Å². The highest BCUT2D eigenvalue weighted by Crippen LogP contribution is 2.29. The molecule has 0 aliphatic carbocycles. The first-order valence-corrected chi connectivity index (χ1v) is 10.9. The average molecular weight is 424 g/mol. The molecule has 1 N–H and O–H groups in total. The second-order valence-corrected chi connectivity index (χ2v) is 8.54. The minimum absolute atomic E-state index is 0.121. The van der Waals surface area contributed by atoms with Gasteiger partial charge in [0.05, 0.1) is 11.2 Å². The van der Waals surface area contributed by atoms with E-state index in [0.29, 0.717) is 10.3 Å². The maximum Gasteiger partial charge on any atom is 0.277 e. The van der Waals surface area contributed by atoms with Crippen molar-refractivity contribution in [1.29, 1.82) is 0 Å². The molecule has 0 fully saturated rings. The van der Waals surface area contributed by atoms with Crippen molar-refractivity contribution in [2.45, 2.75) is 22.2 Å². The molecule has 0 radical (unpaired) electrons. The SMILES string of the molecule is CSc1ncc(Cl)c(C(=O)Nc2nnc(SCc3cccc(C)c3)s2)n1. The maximum atomic E-state index is 12.4. The Bertz CT molecular complexity index is 934. The molecule has 6 nitrogen and oxygen atoms in total. The second-order valence-electron chi connectivity index (χ2n) is 5.16. The summed E-state index contributed by atoms with van der Waals surface area (Å²) in [6.07, 6.45) is 3.24. The van der Waals surface area contributed by atoms with Crippen LogP contribution in [-0.2, 0) is 5.75 Å². The molecule has 0 saturated heterocycles. The summed E-state index contributed by atoms with van der Waals surface area (Å²) in [5, 5.41) is 11.9. The number of benzene rings is 1. The summed E-state index contributed by atoms with van der Waals surface area (Å²) < 4.78 is 0.778. The Morgan fingerprint density at radius 3 is 2.96 bits per heavy atom. The quantitative estimate of drug-likeness (QED) is 0.353. The van der Waals surface area contributed by atoms with E-state index in [2.05, 4.69) is 50.6 Å². The molecule has 0 aliphatic heterocycles. The van der Waals surface area contributed by atoms with E-state index in [-0.39, 0.29) is 10.7 Å². The van der Waals surface area contributed by atoms with Crippen molar-refractivity contribution in [3.8, 4) is 0 Å². The number of hydrogen-bond donors (Lipinski definition) is 1. The van der Waals surface area contributed by atoms with Gasteiger partial charge in [-0.1, -0.05) is 76.3 Å². The molecule has 3 rings (SSSR count). The Labute approximate surface area is 168 Å². The highest BCUT2D eigenvalue weighted by Gasteiger charge is 2.16. The summed E-state index contributed by atoms with van der Waals surface area (Å²) in [5.41, 5.74) is 2.56. The summed E-state index contributed by atoms with van der Waals surface area (Å²) in [4.78, 5) is 20.5. The number of aryl methyl sites for hydroxylation is 1. The zero-order valence-electron chi connectivity index (χ0n) is 13.9. The van der Waals surface area contributed by atoms with E-state index in [1.54, 1.807) is 11.8 Å². The van der Waals surface area contributed by atoms with Crippen molar-refractivity contribution < 1.29 is 4.79 Å². The van der Waals surface area contributed by atoms with Gasteiger partial charge in [0.1, 0.15) is 0 Å². The molecule has 134 valence electrons. The van der Waals surface area contributed by atoms with E-state index in [4.69, 9.17) is 11.6 Å². The lowest BCUT2D eigenvalue weighted by Crippen LogP contribution is -2.15. The maximum absolute atomic E-state index is 12.4. The third-order valence-corrected chi connectivity index (χ3v) is 6.07. The predicted molar refractivity (Wildman–Crippen MR) is 107 cm³/mol. The van der Waals surface area contributed by atoms with Crippen LogP contribution in [0.4, 0.5) is 5.13 Å². The minimum Gasteiger partial charge on any atom is -0.295 e. The molecule has 1 amide bonds. The van der Waals surface area contributed by atoms with Crippen LogP contribution in [0.25, 0.3) is 0 Å². The summed E-state index contributed by atoms with van der Waals surface area (Å²) in [7, 11) is 0. The van der Waals surface area contributed by atoms with Gasteiger partial charge in [0.25, 0.3) is 5.91 Å². The summed E-state index contributed by atoms with van der Waals surface area (Å²) in [5.74, 6) is 0.359. The fraction of sp³-hybridized carbons (Fsp3) is 0.188. The first-order valence-electron chi connectivity index (χ1n) is 7.45. The van der Waals surface area contributed by atoms with E-state index < -0.39 is 5.91 Å². The predicted octanol–water partition coefficient (Wildman–Crippen LogP) is 4.56. The Kier molecular flexibility index (Phi) is 6.47. The standard InChI is InChI=1S/C16H14ClN5OS3/c1-9-4-3-5-10(6-9)8-25-16-22-21-15(26-16)20-13(23)12-11(17)7-18-14(19-12)24-2/h3-7H,8H2,1-2H3,(H,20,21,23). The lowest BCUT2D eigenvalue weighted by molar-refractivity contribution is 0.102. The number of thioether (sulfide) groups is 2. The van der Waals surface area contributed by atoms with Crippen LogP contribution in [-0.4, -0.2) is 32.3 Å². The van der Waals surface area contributed by atoms with E-state index in [1.165, 1.54) is 40.4 Å². The summed E-state index contributed by atoms with van der Waals surface area (Å²) in [6.45, 7) is 2.06. The number of anilines is 1. The fourth-order valence-electron chi connectivity index (χ4n) is 2.03. The van der Waals surface area contributed by atoms with Crippen LogP contribution in [0.2, 0.25) is 5.02 Å². The van der Waals surface area contributed by atoms with Crippen molar-refractivity contribution in [3.05, 3.63) is 52.3 Å². The molecule has 1 aromatic carbocycles. The molecule has 0 aliphatic rings. The van der Waals surface area contributed by atoms with Gasteiger partial charge in [-0.15, -0.1) is 10.2 Å². The molecule has 3 aromatic rings. The highest BCUT2D eigenvalue weighted by molar-refractivity contribution is 8.00. The number of hydrogen-bond acceptors (Lipinski definition) is 8. The van der Waals surface area contributed by atoms with Crippen LogP contribution in [0.5, 0.6) is 0 Å². The molecular weight excluding hydrogens is 410 g/mol. The molecule has 26 heavy (non-hydrogen) atoms. The number of aromatic nitrogens is 4. The Hall–Kier alpha value is -1.68. The summed E-state index contributed by atoms with van der Waals surface area (Å²) >= 11 is 10.2. The van der Waals surface area contributed by atoms with Gasteiger partial charge in [-0.05, 0) is 18.7 Å². The van der Waals surface area contributed by atoms with E-state index in [9.17, 15) is 4.79 Å². The van der Waals surface area contributed by atoms with E-state index >= 15 is 0 Å². The third-order valence-electron chi connectivity index (χ3n) is 3.19. The zero-order valence-corrected chi connectivity index (χ0v) is 17.1. The van der Waals surface area contributed by atoms with Gasteiger partial charge in [-0.2, -0.15) is 0 Å². The lowest BCUT2D eigenvalue weighted by Gasteiger charge is -2.03. The first kappa shape index (κ1) is 19.1. The van der Waals surface area contributed by atoms with Crippen LogP contribution in [0, 0.1) is 6.92 Å². The van der Waals surface area contributed by atoms with Crippen molar-refractivity contribution in [3.63, 3.8) is 0 Å². The number of carbonyl (C=O) groups excluding carboxylic acids is 1. The van der Waals surface area contributed by atoms with Gasteiger partial charge in [-0.25, -0.2) is 9.97 Å². The molecule has 2 aromatic heterocycles. The molecule has 2 heterocycles. The second kappa shape index (κ2) is 8.81. The zero-order chi connectivity index (χ0) is 18.5. The Morgan fingerprint density at radius 2 is 2.19 bits per heavy atom. The minimum atomic E-state index is -0.431.